The molecule has 2 aromatic carbocycles. The molecular formula is C19H18O3. The highest BCUT2D eigenvalue weighted by Crippen LogP contribution is 2.61. The molecule has 0 amide bonds. The SMILES string of the molecule is COC(=O)c1ccc2c(c1)[C@@H]1C[C@H]2[C@@](O)(c2ccccc2)C1. The van der Waals surface area contributed by atoms with Crippen LogP contribution in [0, 0.1) is 0 Å². The van der Waals surface area contributed by atoms with Gasteiger partial charge >= 0.3 is 5.97 Å². The molecule has 3 heteroatoms. The number of aliphatic hydroxyl groups is 1. The van der Waals surface area contributed by atoms with Crippen molar-refractivity contribution in [2.75, 3.05) is 7.11 Å². The zero-order valence-electron chi connectivity index (χ0n) is 12.5. The quantitative estimate of drug-likeness (QED) is 0.864. The first kappa shape index (κ1) is 13.5. The molecule has 22 heavy (non-hydrogen) atoms. The van der Waals surface area contributed by atoms with Crippen molar-refractivity contribution in [1.29, 1.82) is 0 Å². The number of fused-ring (bicyclic) bond motifs is 5. The van der Waals surface area contributed by atoms with Gasteiger partial charge in [-0.2, -0.15) is 0 Å². The van der Waals surface area contributed by atoms with Gasteiger partial charge in [-0.3, -0.25) is 0 Å². The lowest BCUT2D eigenvalue weighted by Crippen LogP contribution is -2.31. The molecule has 0 saturated heterocycles. The van der Waals surface area contributed by atoms with E-state index in [1.165, 1.54) is 18.2 Å². The van der Waals surface area contributed by atoms with Crippen LogP contribution in [0.2, 0.25) is 0 Å². The van der Waals surface area contributed by atoms with Gasteiger partial charge in [0, 0.05) is 5.92 Å². The van der Waals surface area contributed by atoms with Crippen LogP contribution < -0.4 is 0 Å². The van der Waals surface area contributed by atoms with E-state index >= 15 is 0 Å². The Kier molecular flexibility index (Phi) is 2.88. The smallest absolute Gasteiger partial charge is 0.337 e. The average molecular weight is 294 g/mol. The average Bonchev–Trinajstić information content (AvgIpc) is 3.10. The van der Waals surface area contributed by atoms with Gasteiger partial charge in [-0.15, -0.1) is 0 Å². The van der Waals surface area contributed by atoms with Crippen LogP contribution in [0.15, 0.2) is 48.5 Å². The monoisotopic (exact) mass is 294 g/mol. The Balaban J connectivity index is 1.76. The second kappa shape index (κ2) is 4.68. The summed E-state index contributed by atoms with van der Waals surface area (Å²) in [5, 5.41) is 11.2. The van der Waals surface area contributed by atoms with Crippen molar-refractivity contribution in [2.45, 2.75) is 30.3 Å². The summed E-state index contributed by atoms with van der Waals surface area (Å²) in [6, 6.07) is 15.6. The molecule has 3 nitrogen and oxygen atoms in total. The van der Waals surface area contributed by atoms with Crippen LogP contribution in [-0.2, 0) is 10.3 Å². The van der Waals surface area contributed by atoms with E-state index in [-0.39, 0.29) is 11.9 Å². The first-order valence-electron chi connectivity index (χ1n) is 7.63. The van der Waals surface area contributed by atoms with E-state index in [1.807, 2.05) is 42.5 Å². The number of carbonyl (C=O) groups excluding carboxylic acids is 1. The third-order valence-corrected chi connectivity index (χ3v) is 5.25. The summed E-state index contributed by atoms with van der Waals surface area (Å²) in [5.41, 5.74) is 3.18. The van der Waals surface area contributed by atoms with Crippen LogP contribution in [0.5, 0.6) is 0 Å². The summed E-state index contributed by atoms with van der Waals surface area (Å²) in [5.74, 6) is 0.125. The van der Waals surface area contributed by atoms with Gasteiger partial charge in [0.15, 0.2) is 0 Å². The van der Waals surface area contributed by atoms with Crippen molar-refractivity contribution in [2.24, 2.45) is 0 Å². The van der Waals surface area contributed by atoms with Crippen molar-refractivity contribution < 1.29 is 14.6 Å². The summed E-state index contributed by atoms with van der Waals surface area (Å²) in [4.78, 5) is 11.7. The largest absolute Gasteiger partial charge is 0.465 e. The van der Waals surface area contributed by atoms with Gasteiger partial charge in [0.25, 0.3) is 0 Å². The minimum absolute atomic E-state index is 0.113. The summed E-state index contributed by atoms with van der Waals surface area (Å²) >= 11 is 0. The molecule has 1 fully saturated rings. The standard InChI is InChI=1S/C19H18O3/c1-22-18(20)12-7-8-15-16(9-12)13-10-17(15)19(21,11-13)14-5-3-2-4-6-14/h2-9,13,17,21H,10-11H2,1H3/t13-,17-,19+/m1/s1. The molecule has 4 rings (SSSR count). The molecule has 0 unspecified atom stereocenters. The third kappa shape index (κ3) is 1.75. The Morgan fingerprint density at radius 3 is 2.68 bits per heavy atom. The van der Waals surface area contributed by atoms with E-state index in [0.29, 0.717) is 11.5 Å². The summed E-state index contributed by atoms with van der Waals surface area (Å²) in [7, 11) is 1.40. The highest BCUT2D eigenvalue weighted by Gasteiger charge is 2.53. The van der Waals surface area contributed by atoms with Gasteiger partial charge in [-0.25, -0.2) is 4.79 Å². The maximum absolute atomic E-state index is 11.7. The molecule has 3 atom stereocenters. The molecule has 2 aliphatic rings. The topological polar surface area (TPSA) is 46.5 Å². The van der Waals surface area contributed by atoms with E-state index in [2.05, 4.69) is 0 Å². The van der Waals surface area contributed by atoms with Crippen molar-refractivity contribution >= 4 is 5.97 Å². The van der Waals surface area contributed by atoms with Gasteiger partial charge < -0.3 is 9.84 Å². The maximum Gasteiger partial charge on any atom is 0.337 e. The number of rotatable bonds is 2. The molecule has 2 aliphatic carbocycles. The zero-order chi connectivity index (χ0) is 15.3. The summed E-state index contributed by atoms with van der Waals surface area (Å²) in [6.45, 7) is 0. The van der Waals surface area contributed by atoms with Crippen LogP contribution in [0.1, 0.15) is 51.7 Å². The lowest BCUT2D eigenvalue weighted by atomic mass is 9.75. The first-order valence-corrected chi connectivity index (χ1v) is 7.63. The lowest BCUT2D eigenvalue weighted by Gasteiger charge is -2.34. The van der Waals surface area contributed by atoms with Crippen LogP contribution in [0.3, 0.4) is 0 Å². The van der Waals surface area contributed by atoms with Crippen molar-refractivity contribution in [3.63, 3.8) is 0 Å². The number of carbonyl (C=O) groups is 1. The number of hydrogen-bond acceptors (Lipinski definition) is 3. The van der Waals surface area contributed by atoms with E-state index in [4.69, 9.17) is 4.74 Å². The Labute approximate surface area is 129 Å². The Hall–Kier alpha value is -2.13. The fraction of sp³-hybridized carbons (Fsp3) is 0.316. The second-order valence-electron chi connectivity index (χ2n) is 6.31. The predicted octanol–water partition coefficient (Wildman–Crippen LogP) is 3.34. The highest BCUT2D eigenvalue weighted by atomic mass is 16.5. The van der Waals surface area contributed by atoms with Gasteiger partial charge in [-0.05, 0) is 47.6 Å². The second-order valence-corrected chi connectivity index (χ2v) is 6.31. The number of benzene rings is 2. The Morgan fingerprint density at radius 1 is 1.18 bits per heavy atom. The molecular weight excluding hydrogens is 276 g/mol. The molecule has 0 heterocycles. The number of methoxy groups -OCH3 is 1. The van der Waals surface area contributed by atoms with Gasteiger partial charge in [0.1, 0.15) is 0 Å². The summed E-state index contributed by atoms with van der Waals surface area (Å²) < 4.78 is 4.80. The normalized spacial score (nSPS) is 28.5. The van der Waals surface area contributed by atoms with Gasteiger partial charge in [-0.1, -0.05) is 36.4 Å². The number of esters is 1. The van der Waals surface area contributed by atoms with E-state index in [9.17, 15) is 9.90 Å². The van der Waals surface area contributed by atoms with Gasteiger partial charge in [0.05, 0.1) is 18.3 Å². The molecule has 2 bridgehead atoms. The molecule has 2 aromatic rings. The van der Waals surface area contributed by atoms with Crippen LogP contribution in [0.25, 0.3) is 0 Å². The number of hydrogen-bond donors (Lipinski definition) is 1. The third-order valence-electron chi connectivity index (χ3n) is 5.25. The first-order chi connectivity index (χ1) is 10.6. The lowest BCUT2D eigenvalue weighted by molar-refractivity contribution is 0.0209. The molecule has 112 valence electrons. The van der Waals surface area contributed by atoms with Crippen molar-refractivity contribution in [3.05, 3.63) is 70.8 Å². The molecule has 0 aliphatic heterocycles. The minimum Gasteiger partial charge on any atom is -0.465 e. The molecule has 0 spiro atoms. The molecule has 1 N–H and O–H groups in total. The predicted molar refractivity (Wildman–Crippen MR) is 82.8 cm³/mol. The van der Waals surface area contributed by atoms with Crippen molar-refractivity contribution in [1.82, 2.24) is 0 Å². The van der Waals surface area contributed by atoms with Crippen LogP contribution in [-0.4, -0.2) is 18.2 Å². The Morgan fingerprint density at radius 2 is 1.95 bits per heavy atom. The fourth-order valence-electron chi connectivity index (χ4n) is 4.24. The molecule has 0 radical (unpaired) electrons. The molecule has 1 saturated carbocycles. The zero-order valence-corrected chi connectivity index (χ0v) is 12.5. The van der Waals surface area contributed by atoms with Crippen molar-refractivity contribution in [3.8, 4) is 0 Å². The maximum atomic E-state index is 11.7. The highest BCUT2D eigenvalue weighted by molar-refractivity contribution is 5.89. The van der Waals surface area contributed by atoms with Crippen LogP contribution in [0.4, 0.5) is 0 Å². The number of ether oxygens (including phenoxy) is 1. The van der Waals surface area contributed by atoms with Gasteiger partial charge in [0.2, 0.25) is 0 Å². The Bertz CT molecular complexity index is 738. The van der Waals surface area contributed by atoms with E-state index in [0.717, 1.165) is 18.4 Å². The van der Waals surface area contributed by atoms with Crippen LogP contribution >= 0.6 is 0 Å². The van der Waals surface area contributed by atoms with E-state index in [1.54, 1.807) is 6.07 Å². The summed E-state index contributed by atoms with van der Waals surface area (Å²) in [6.07, 6.45) is 1.67. The molecule has 0 aromatic heterocycles. The fourth-order valence-corrected chi connectivity index (χ4v) is 4.24. The van der Waals surface area contributed by atoms with E-state index < -0.39 is 5.60 Å². The minimum atomic E-state index is -0.786.